The predicted octanol–water partition coefficient (Wildman–Crippen LogP) is 1.79. The summed E-state index contributed by atoms with van der Waals surface area (Å²) in [6.07, 6.45) is 3.26. The summed E-state index contributed by atoms with van der Waals surface area (Å²) >= 11 is 1.69. The number of nitrogens with one attached hydrogen (secondary N) is 1. The molecule has 1 aliphatic carbocycles. The zero-order chi connectivity index (χ0) is 16.4. The standard InChI is InChI=1S/C17H26N2O3S/c1-17(21)7-8-19(10-12-5-6-12)15(13-4-3-9-23-13)16(17)18-14(20)11-22-2/h3-4,9,12,15-16,21H,5-8,10-11H2,1-2H3,(H,18,20)/t15-,16-,17+/m0/s1. The van der Waals surface area contributed by atoms with Crippen molar-refractivity contribution in [2.75, 3.05) is 26.8 Å². The minimum absolute atomic E-state index is 0.0202. The second-order valence-corrected chi connectivity index (χ2v) is 7.96. The van der Waals surface area contributed by atoms with Crippen LogP contribution in [0.25, 0.3) is 0 Å². The third kappa shape index (κ3) is 3.94. The van der Waals surface area contributed by atoms with Crippen molar-refractivity contribution in [1.29, 1.82) is 0 Å². The molecule has 1 aliphatic heterocycles. The molecule has 2 aliphatic rings. The molecule has 0 spiro atoms. The maximum Gasteiger partial charge on any atom is 0.246 e. The van der Waals surface area contributed by atoms with Crippen molar-refractivity contribution in [1.82, 2.24) is 10.2 Å². The summed E-state index contributed by atoms with van der Waals surface area (Å²) in [6, 6.07) is 3.84. The van der Waals surface area contributed by atoms with Crippen LogP contribution >= 0.6 is 11.3 Å². The Morgan fingerprint density at radius 2 is 2.35 bits per heavy atom. The third-order valence-corrected chi connectivity index (χ3v) is 5.84. The molecule has 1 aromatic heterocycles. The number of aliphatic hydroxyl groups is 1. The molecule has 2 fully saturated rings. The smallest absolute Gasteiger partial charge is 0.246 e. The van der Waals surface area contributed by atoms with Crippen molar-refractivity contribution in [3.05, 3.63) is 22.4 Å². The number of amides is 1. The maximum absolute atomic E-state index is 12.1. The zero-order valence-corrected chi connectivity index (χ0v) is 14.6. The van der Waals surface area contributed by atoms with Gasteiger partial charge in [-0.25, -0.2) is 0 Å². The summed E-state index contributed by atoms with van der Waals surface area (Å²) in [5.41, 5.74) is -0.919. The molecule has 0 unspecified atom stereocenters. The van der Waals surface area contributed by atoms with Gasteiger partial charge in [0.15, 0.2) is 0 Å². The Hall–Kier alpha value is -0.950. The van der Waals surface area contributed by atoms with Crippen molar-refractivity contribution < 1.29 is 14.6 Å². The summed E-state index contributed by atoms with van der Waals surface area (Å²) in [4.78, 5) is 15.7. The Labute approximate surface area is 141 Å². The SMILES string of the molecule is COCC(=O)N[C@H]1[C@H](c2cccs2)N(CC2CC2)CC[C@@]1(C)O. The molecule has 2 heterocycles. The number of methoxy groups -OCH3 is 1. The predicted molar refractivity (Wildman–Crippen MR) is 90.4 cm³/mol. The largest absolute Gasteiger partial charge is 0.388 e. The third-order valence-electron chi connectivity index (χ3n) is 4.90. The van der Waals surface area contributed by atoms with Crippen LogP contribution in [0.4, 0.5) is 0 Å². The Kier molecular flexibility index (Phi) is 5.06. The second kappa shape index (κ2) is 6.89. The van der Waals surface area contributed by atoms with Crippen molar-refractivity contribution >= 4 is 17.2 Å². The van der Waals surface area contributed by atoms with Crippen LogP contribution in [0.2, 0.25) is 0 Å². The van der Waals surface area contributed by atoms with E-state index in [0.717, 1.165) is 19.0 Å². The van der Waals surface area contributed by atoms with E-state index in [2.05, 4.69) is 21.7 Å². The number of ether oxygens (including phenoxy) is 1. The van der Waals surface area contributed by atoms with Crippen LogP contribution < -0.4 is 5.32 Å². The van der Waals surface area contributed by atoms with Gasteiger partial charge in [0.05, 0.1) is 17.7 Å². The van der Waals surface area contributed by atoms with Gasteiger partial charge in [-0.05, 0) is 43.6 Å². The number of hydrogen-bond acceptors (Lipinski definition) is 5. The van der Waals surface area contributed by atoms with E-state index < -0.39 is 5.60 Å². The molecule has 0 aromatic carbocycles. The van der Waals surface area contributed by atoms with Gasteiger partial charge in [-0.2, -0.15) is 0 Å². The van der Waals surface area contributed by atoms with E-state index in [9.17, 15) is 9.90 Å². The Balaban J connectivity index is 1.85. The molecular weight excluding hydrogens is 312 g/mol. The van der Waals surface area contributed by atoms with Gasteiger partial charge in [0, 0.05) is 25.1 Å². The number of likely N-dealkylation sites (tertiary alicyclic amines) is 1. The second-order valence-electron chi connectivity index (χ2n) is 6.98. The van der Waals surface area contributed by atoms with E-state index in [1.165, 1.54) is 24.8 Å². The molecule has 3 atom stereocenters. The minimum Gasteiger partial charge on any atom is -0.388 e. The molecule has 1 amide bonds. The fourth-order valence-electron chi connectivity index (χ4n) is 3.44. The van der Waals surface area contributed by atoms with E-state index in [1.54, 1.807) is 11.3 Å². The van der Waals surface area contributed by atoms with Crippen molar-refractivity contribution in [3.8, 4) is 0 Å². The van der Waals surface area contributed by atoms with E-state index in [4.69, 9.17) is 4.74 Å². The molecular formula is C17H26N2O3S. The average molecular weight is 338 g/mol. The number of piperidine rings is 1. The normalized spacial score (nSPS) is 32.0. The topological polar surface area (TPSA) is 61.8 Å². The number of rotatable bonds is 6. The summed E-state index contributed by atoms with van der Waals surface area (Å²) < 4.78 is 4.94. The van der Waals surface area contributed by atoms with E-state index in [-0.39, 0.29) is 24.6 Å². The van der Waals surface area contributed by atoms with Gasteiger partial charge in [-0.3, -0.25) is 9.69 Å². The number of hydrogen-bond donors (Lipinski definition) is 2. The first-order chi connectivity index (χ1) is 11.0. The van der Waals surface area contributed by atoms with Crippen LogP contribution in [0, 0.1) is 5.92 Å². The van der Waals surface area contributed by atoms with E-state index in [1.807, 2.05) is 13.0 Å². The van der Waals surface area contributed by atoms with Gasteiger partial charge < -0.3 is 15.2 Å². The summed E-state index contributed by atoms with van der Waals surface area (Å²) in [5.74, 6) is 0.600. The maximum atomic E-state index is 12.1. The molecule has 6 heteroatoms. The highest BCUT2D eigenvalue weighted by atomic mass is 32.1. The van der Waals surface area contributed by atoms with Gasteiger partial charge in [0.2, 0.25) is 5.91 Å². The fourth-order valence-corrected chi connectivity index (χ4v) is 4.33. The monoisotopic (exact) mass is 338 g/mol. The first-order valence-corrected chi connectivity index (χ1v) is 9.17. The summed E-state index contributed by atoms with van der Waals surface area (Å²) in [6.45, 7) is 3.77. The van der Waals surface area contributed by atoms with Gasteiger partial charge in [0.1, 0.15) is 6.61 Å². The molecule has 0 radical (unpaired) electrons. The van der Waals surface area contributed by atoms with Crippen LogP contribution in [-0.4, -0.2) is 54.4 Å². The quantitative estimate of drug-likeness (QED) is 0.830. The number of nitrogens with zero attached hydrogens (tertiary/aromatic N) is 1. The lowest BCUT2D eigenvalue weighted by atomic mass is 9.81. The first kappa shape index (κ1) is 16.9. The molecule has 0 bridgehead atoms. The molecule has 128 valence electrons. The van der Waals surface area contributed by atoms with Crippen molar-refractivity contribution in [3.63, 3.8) is 0 Å². The van der Waals surface area contributed by atoms with Crippen LogP contribution in [0.5, 0.6) is 0 Å². The number of thiophene rings is 1. The van der Waals surface area contributed by atoms with Crippen LogP contribution in [0.15, 0.2) is 17.5 Å². The molecule has 5 nitrogen and oxygen atoms in total. The highest BCUT2D eigenvalue weighted by Gasteiger charge is 2.47. The van der Waals surface area contributed by atoms with Crippen LogP contribution in [0.1, 0.15) is 37.1 Å². The minimum atomic E-state index is -0.919. The molecule has 1 saturated carbocycles. The number of carbonyl (C=O) groups excluding carboxylic acids is 1. The lowest BCUT2D eigenvalue weighted by Gasteiger charge is -2.48. The van der Waals surface area contributed by atoms with Crippen LogP contribution in [0.3, 0.4) is 0 Å². The highest BCUT2D eigenvalue weighted by molar-refractivity contribution is 7.10. The lowest BCUT2D eigenvalue weighted by Crippen LogP contribution is -2.62. The molecule has 2 N–H and O–H groups in total. The molecule has 1 saturated heterocycles. The average Bonchev–Trinajstić information content (AvgIpc) is 3.14. The summed E-state index contributed by atoms with van der Waals surface area (Å²) in [5, 5.41) is 16.0. The van der Waals surface area contributed by atoms with E-state index >= 15 is 0 Å². The van der Waals surface area contributed by atoms with Gasteiger partial charge in [-0.15, -0.1) is 11.3 Å². The van der Waals surface area contributed by atoms with E-state index in [0.29, 0.717) is 6.42 Å². The Morgan fingerprint density at radius 1 is 1.57 bits per heavy atom. The first-order valence-electron chi connectivity index (χ1n) is 8.29. The molecule has 23 heavy (non-hydrogen) atoms. The summed E-state index contributed by atoms with van der Waals surface area (Å²) in [7, 11) is 1.51. The van der Waals surface area contributed by atoms with Gasteiger partial charge in [0.25, 0.3) is 0 Å². The van der Waals surface area contributed by atoms with Crippen molar-refractivity contribution in [2.24, 2.45) is 5.92 Å². The Bertz CT molecular complexity index is 528. The van der Waals surface area contributed by atoms with Crippen LogP contribution in [-0.2, 0) is 9.53 Å². The lowest BCUT2D eigenvalue weighted by molar-refractivity contribution is -0.132. The number of carbonyl (C=O) groups is 1. The highest BCUT2D eigenvalue weighted by Crippen LogP contribution is 2.41. The van der Waals surface area contributed by atoms with Gasteiger partial charge >= 0.3 is 0 Å². The van der Waals surface area contributed by atoms with Crippen molar-refractivity contribution in [2.45, 2.75) is 43.9 Å². The molecule has 3 rings (SSSR count). The van der Waals surface area contributed by atoms with Gasteiger partial charge in [-0.1, -0.05) is 6.07 Å². The Morgan fingerprint density at radius 3 is 2.96 bits per heavy atom. The fraction of sp³-hybridized carbons (Fsp3) is 0.706. The zero-order valence-electron chi connectivity index (χ0n) is 13.8. The molecule has 1 aromatic rings.